The molecule has 4 nitrogen and oxygen atoms in total. The lowest BCUT2D eigenvalue weighted by Gasteiger charge is -2.34. The number of rotatable bonds is 4. The number of ether oxygens (including phenoxy) is 1. The average Bonchev–Trinajstić information content (AvgIpc) is 2.79. The van der Waals surface area contributed by atoms with Gasteiger partial charge in [-0.1, -0.05) is 6.92 Å². The summed E-state index contributed by atoms with van der Waals surface area (Å²) in [6.45, 7) is 6.27. The van der Waals surface area contributed by atoms with Crippen molar-refractivity contribution in [2.24, 2.45) is 5.92 Å². The van der Waals surface area contributed by atoms with Crippen LogP contribution in [-0.4, -0.2) is 37.2 Å². The van der Waals surface area contributed by atoms with Gasteiger partial charge in [0.05, 0.1) is 12.5 Å². The van der Waals surface area contributed by atoms with Gasteiger partial charge >= 0.3 is 5.97 Å². The van der Waals surface area contributed by atoms with E-state index in [1.54, 1.807) is 0 Å². The Morgan fingerprint density at radius 2 is 2.40 bits per heavy atom. The van der Waals surface area contributed by atoms with Crippen molar-refractivity contribution in [3.8, 4) is 0 Å². The molecule has 0 aliphatic carbocycles. The molecule has 2 saturated heterocycles. The summed E-state index contributed by atoms with van der Waals surface area (Å²) in [4.78, 5) is 11.9. The maximum atomic E-state index is 11.9. The van der Waals surface area contributed by atoms with Crippen LogP contribution in [0.3, 0.4) is 0 Å². The first-order valence-electron chi connectivity index (χ1n) is 5.87. The SMILES string of the molecule is CCOC(=O)C(CC)C12CNC(CN1)C2. The minimum absolute atomic E-state index is 0.00236. The van der Waals surface area contributed by atoms with Gasteiger partial charge in [-0.05, 0) is 19.8 Å². The highest BCUT2D eigenvalue weighted by Crippen LogP contribution is 2.35. The molecule has 15 heavy (non-hydrogen) atoms. The summed E-state index contributed by atoms with van der Waals surface area (Å²) < 4.78 is 5.15. The van der Waals surface area contributed by atoms with Gasteiger partial charge in [-0.3, -0.25) is 4.79 Å². The third-order valence-corrected chi connectivity index (χ3v) is 3.66. The van der Waals surface area contributed by atoms with E-state index in [4.69, 9.17) is 4.74 Å². The lowest BCUT2D eigenvalue weighted by Crippen LogP contribution is -2.56. The minimum Gasteiger partial charge on any atom is -0.466 e. The molecule has 86 valence electrons. The zero-order valence-electron chi connectivity index (χ0n) is 9.51. The third kappa shape index (κ3) is 1.76. The Morgan fingerprint density at radius 1 is 1.60 bits per heavy atom. The van der Waals surface area contributed by atoms with Gasteiger partial charge in [0, 0.05) is 24.7 Å². The fraction of sp³-hybridized carbons (Fsp3) is 0.909. The van der Waals surface area contributed by atoms with Gasteiger partial charge in [0.1, 0.15) is 0 Å². The number of hydrogen-bond donors (Lipinski definition) is 2. The summed E-state index contributed by atoms with van der Waals surface area (Å²) in [5, 5.41) is 6.93. The summed E-state index contributed by atoms with van der Waals surface area (Å²) in [5.74, 6) is -0.0469. The summed E-state index contributed by atoms with van der Waals surface area (Å²) >= 11 is 0. The highest BCUT2D eigenvalue weighted by Gasteiger charge is 2.51. The Labute approximate surface area is 90.8 Å². The van der Waals surface area contributed by atoms with Gasteiger partial charge in [-0.2, -0.15) is 0 Å². The average molecular weight is 212 g/mol. The summed E-state index contributed by atoms with van der Waals surface area (Å²) in [5.41, 5.74) is -0.0360. The molecule has 0 spiro atoms. The molecular formula is C11H20N2O2. The molecule has 2 bridgehead atoms. The molecule has 2 aliphatic rings. The van der Waals surface area contributed by atoms with Gasteiger partial charge in [-0.15, -0.1) is 0 Å². The van der Waals surface area contributed by atoms with E-state index in [9.17, 15) is 4.79 Å². The Bertz CT molecular complexity index is 247. The van der Waals surface area contributed by atoms with E-state index in [1.165, 1.54) is 0 Å². The molecule has 2 N–H and O–H groups in total. The number of hydrogen-bond acceptors (Lipinski definition) is 4. The number of nitrogens with one attached hydrogen (secondary N) is 2. The first kappa shape index (κ1) is 10.9. The molecule has 0 radical (unpaired) electrons. The number of carbonyl (C=O) groups is 1. The van der Waals surface area contributed by atoms with Gasteiger partial charge in [0.2, 0.25) is 0 Å². The maximum absolute atomic E-state index is 11.9. The van der Waals surface area contributed by atoms with Gasteiger partial charge in [0.15, 0.2) is 0 Å². The summed E-state index contributed by atoms with van der Waals surface area (Å²) in [6, 6.07) is 0.550. The van der Waals surface area contributed by atoms with E-state index in [0.717, 1.165) is 25.9 Å². The first-order chi connectivity index (χ1) is 7.22. The van der Waals surface area contributed by atoms with Crippen molar-refractivity contribution >= 4 is 5.97 Å². The molecule has 3 unspecified atom stereocenters. The molecular weight excluding hydrogens is 192 g/mol. The van der Waals surface area contributed by atoms with Crippen molar-refractivity contribution in [2.75, 3.05) is 19.7 Å². The Balaban J connectivity index is 2.08. The maximum Gasteiger partial charge on any atom is 0.310 e. The van der Waals surface area contributed by atoms with Crippen molar-refractivity contribution in [1.82, 2.24) is 10.6 Å². The Kier molecular flexibility index (Phi) is 2.98. The van der Waals surface area contributed by atoms with Crippen LogP contribution in [0.25, 0.3) is 0 Å². The fourth-order valence-electron chi connectivity index (χ4n) is 2.93. The van der Waals surface area contributed by atoms with Crippen molar-refractivity contribution in [3.05, 3.63) is 0 Å². The Morgan fingerprint density at radius 3 is 2.80 bits per heavy atom. The van der Waals surface area contributed by atoms with Crippen LogP contribution in [0.15, 0.2) is 0 Å². The van der Waals surface area contributed by atoms with E-state index < -0.39 is 0 Å². The molecule has 0 amide bonds. The van der Waals surface area contributed by atoms with E-state index in [-0.39, 0.29) is 17.4 Å². The van der Waals surface area contributed by atoms with E-state index in [1.807, 2.05) is 6.92 Å². The number of piperazine rings is 1. The van der Waals surface area contributed by atoms with Crippen LogP contribution < -0.4 is 10.6 Å². The van der Waals surface area contributed by atoms with E-state index >= 15 is 0 Å². The lowest BCUT2D eigenvalue weighted by atomic mass is 9.82. The lowest BCUT2D eigenvalue weighted by molar-refractivity contribution is -0.150. The number of esters is 1. The van der Waals surface area contributed by atoms with Gasteiger partial charge < -0.3 is 15.4 Å². The van der Waals surface area contributed by atoms with E-state index in [2.05, 4.69) is 17.6 Å². The highest BCUT2D eigenvalue weighted by molar-refractivity contribution is 5.74. The molecule has 2 rings (SSSR count). The summed E-state index contributed by atoms with van der Waals surface area (Å²) in [6.07, 6.45) is 1.91. The van der Waals surface area contributed by atoms with Crippen LogP contribution in [0.1, 0.15) is 26.7 Å². The molecule has 2 fully saturated rings. The number of fused-ring (bicyclic) bond motifs is 2. The first-order valence-corrected chi connectivity index (χ1v) is 5.87. The predicted octanol–water partition coefficient (Wildman–Crippen LogP) is 0.280. The largest absolute Gasteiger partial charge is 0.466 e. The molecule has 0 aromatic carbocycles. The smallest absolute Gasteiger partial charge is 0.310 e. The zero-order valence-corrected chi connectivity index (χ0v) is 9.51. The second-order valence-electron chi connectivity index (χ2n) is 4.53. The van der Waals surface area contributed by atoms with Crippen LogP contribution >= 0.6 is 0 Å². The minimum atomic E-state index is -0.0446. The second kappa shape index (κ2) is 4.10. The van der Waals surface area contributed by atoms with Gasteiger partial charge in [0.25, 0.3) is 0 Å². The van der Waals surface area contributed by atoms with Crippen LogP contribution in [-0.2, 0) is 9.53 Å². The predicted molar refractivity (Wildman–Crippen MR) is 57.6 cm³/mol. The van der Waals surface area contributed by atoms with Crippen LogP contribution in [0, 0.1) is 5.92 Å². The van der Waals surface area contributed by atoms with Crippen LogP contribution in [0.4, 0.5) is 0 Å². The van der Waals surface area contributed by atoms with Crippen molar-refractivity contribution in [1.29, 1.82) is 0 Å². The zero-order chi connectivity index (χ0) is 10.9. The monoisotopic (exact) mass is 212 g/mol. The summed E-state index contributed by atoms with van der Waals surface area (Å²) in [7, 11) is 0. The third-order valence-electron chi connectivity index (χ3n) is 3.66. The topological polar surface area (TPSA) is 50.4 Å². The van der Waals surface area contributed by atoms with E-state index in [0.29, 0.717) is 12.6 Å². The molecule has 4 heteroatoms. The number of carbonyl (C=O) groups excluding carboxylic acids is 1. The van der Waals surface area contributed by atoms with Crippen LogP contribution in [0.2, 0.25) is 0 Å². The molecule has 0 saturated carbocycles. The van der Waals surface area contributed by atoms with Gasteiger partial charge in [-0.25, -0.2) is 0 Å². The van der Waals surface area contributed by atoms with Crippen LogP contribution in [0.5, 0.6) is 0 Å². The molecule has 3 atom stereocenters. The quantitative estimate of drug-likeness (QED) is 0.657. The molecule has 2 aliphatic heterocycles. The fourth-order valence-corrected chi connectivity index (χ4v) is 2.93. The Hall–Kier alpha value is -0.610. The molecule has 0 aromatic rings. The normalized spacial score (nSPS) is 35.5. The van der Waals surface area contributed by atoms with Crippen molar-refractivity contribution in [2.45, 2.75) is 38.3 Å². The standard InChI is InChI=1S/C11H20N2O2/c1-3-9(10(14)15-4-2)11-5-8(6-13-11)12-7-11/h8-9,12-13H,3-7H2,1-2H3. The molecule has 2 heterocycles. The highest BCUT2D eigenvalue weighted by atomic mass is 16.5. The van der Waals surface area contributed by atoms with Crippen molar-refractivity contribution < 1.29 is 9.53 Å². The molecule has 0 aromatic heterocycles. The second-order valence-corrected chi connectivity index (χ2v) is 4.53. The van der Waals surface area contributed by atoms with Crippen molar-refractivity contribution in [3.63, 3.8) is 0 Å².